The van der Waals surface area contributed by atoms with Crippen molar-refractivity contribution in [1.82, 2.24) is 30.7 Å². The Kier molecular flexibility index (Phi) is 4.50. The summed E-state index contributed by atoms with van der Waals surface area (Å²) in [4.78, 5) is 39.8. The van der Waals surface area contributed by atoms with E-state index in [4.69, 9.17) is 0 Å². The number of rotatable bonds is 6. The Morgan fingerprint density at radius 3 is 2.75 bits per heavy atom. The number of benzene rings is 1. The van der Waals surface area contributed by atoms with Crippen LogP contribution in [0.4, 0.5) is 4.79 Å². The molecule has 1 saturated heterocycles. The molecule has 9 heteroatoms. The number of imide groups is 1. The zero-order valence-electron chi connectivity index (χ0n) is 12.8. The molecule has 4 amide bonds. The second-order valence-corrected chi connectivity index (χ2v) is 5.21. The van der Waals surface area contributed by atoms with Crippen molar-refractivity contribution in [3.63, 3.8) is 0 Å². The molecule has 124 valence electrons. The SMILES string of the molecule is O=C(CN1C(=O)CNC1=O)NCCc1nc(-c2ccccc2)n[nH]1. The highest BCUT2D eigenvalue weighted by Crippen LogP contribution is 2.13. The van der Waals surface area contributed by atoms with E-state index in [2.05, 4.69) is 25.8 Å². The largest absolute Gasteiger partial charge is 0.354 e. The van der Waals surface area contributed by atoms with Gasteiger partial charge in [0.1, 0.15) is 12.4 Å². The minimum absolute atomic E-state index is 0.0631. The maximum atomic E-state index is 11.8. The molecule has 1 aromatic heterocycles. The molecule has 1 fully saturated rings. The molecule has 1 aliphatic rings. The van der Waals surface area contributed by atoms with Crippen LogP contribution in [0.25, 0.3) is 11.4 Å². The van der Waals surface area contributed by atoms with Crippen LogP contribution in [0.1, 0.15) is 5.82 Å². The van der Waals surface area contributed by atoms with Gasteiger partial charge in [0.05, 0.1) is 6.54 Å². The fourth-order valence-electron chi connectivity index (χ4n) is 2.26. The average Bonchev–Trinajstić information content (AvgIpc) is 3.18. The van der Waals surface area contributed by atoms with Crippen LogP contribution in [0.2, 0.25) is 0 Å². The summed E-state index contributed by atoms with van der Waals surface area (Å²) >= 11 is 0. The van der Waals surface area contributed by atoms with E-state index in [1.165, 1.54) is 0 Å². The lowest BCUT2D eigenvalue weighted by Gasteiger charge is -2.11. The Hall–Kier alpha value is -3.23. The Morgan fingerprint density at radius 1 is 1.25 bits per heavy atom. The number of nitrogens with one attached hydrogen (secondary N) is 3. The van der Waals surface area contributed by atoms with Gasteiger partial charge in [-0.1, -0.05) is 30.3 Å². The van der Waals surface area contributed by atoms with Crippen molar-refractivity contribution < 1.29 is 14.4 Å². The van der Waals surface area contributed by atoms with Gasteiger partial charge in [0.25, 0.3) is 5.91 Å². The third-order valence-electron chi connectivity index (χ3n) is 3.49. The third kappa shape index (κ3) is 3.57. The number of aromatic amines is 1. The smallest absolute Gasteiger partial charge is 0.325 e. The van der Waals surface area contributed by atoms with Crippen LogP contribution in [-0.4, -0.2) is 57.6 Å². The van der Waals surface area contributed by atoms with Crippen LogP contribution < -0.4 is 10.6 Å². The van der Waals surface area contributed by atoms with Crippen LogP contribution in [0, 0.1) is 0 Å². The second kappa shape index (κ2) is 6.90. The maximum absolute atomic E-state index is 11.8. The Bertz CT molecular complexity index is 742. The van der Waals surface area contributed by atoms with Gasteiger partial charge >= 0.3 is 6.03 Å². The number of aromatic nitrogens is 3. The monoisotopic (exact) mass is 328 g/mol. The molecule has 0 saturated carbocycles. The molecule has 1 aliphatic heterocycles. The fourth-order valence-corrected chi connectivity index (χ4v) is 2.26. The molecule has 2 aromatic rings. The highest BCUT2D eigenvalue weighted by atomic mass is 16.2. The predicted octanol–water partition coefficient (Wildman–Crippen LogP) is -0.318. The summed E-state index contributed by atoms with van der Waals surface area (Å²) in [6.45, 7) is -0.0192. The third-order valence-corrected chi connectivity index (χ3v) is 3.49. The molecule has 3 N–H and O–H groups in total. The summed E-state index contributed by atoms with van der Waals surface area (Å²) in [6.07, 6.45) is 0.464. The summed E-state index contributed by atoms with van der Waals surface area (Å²) in [5, 5.41) is 12.0. The van der Waals surface area contributed by atoms with Gasteiger partial charge < -0.3 is 10.6 Å². The highest BCUT2D eigenvalue weighted by molar-refractivity contribution is 6.04. The van der Waals surface area contributed by atoms with Crippen molar-refractivity contribution in [2.75, 3.05) is 19.6 Å². The number of nitrogens with zero attached hydrogens (tertiary/aromatic N) is 3. The first-order valence-electron chi connectivity index (χ1n) is 7.45. The molecule has 0 unspecified atom stereocenters. The number of hydrogen-bond donors (Lipinski definition) is 3. The molecule has 9 nitrogen and oxygen atoms in total. The van der Waals surface area contributed by atoms with E-state index >= 15 is 0 Å². The fraction of sp³-hybridized carbons (Fsp3) is 0.267. The zero-order valence-corrected chi connectivity index (χ0v) is 12.8. The van der Waals surface area contributed by atoms with Crippen LogP contribution in [0.5, 0.6) is 0 Å². The Balaban J connectivity index is 1.47. The first-order valence-corrected chi connectivity index (χ1v) is 7.45. The lowest BCUT2D eigenvalue weighted by atomic mass is 10.2. The first kappa shape index (κ1) is 15.7. The normalized spacial score (nSPS) is 13.9. The summed E-state index contributed by atoms with van der Waals surface area (Å²) < 4.78 is 0. The Morgan fingerprint density at radius 2 is 2.04 bits per heavy atom. The number of amides is 4. The molecule has 2 heterocycles. The summed E-state index contributed by atoms with van der Waals surface area (Å²) in [7, 11) is 0. The quantitative estimate of drug-likeness (QED) is 0.628. The van der Waals surface area contributed by atoms with Gasteiger partial charge in [0.15, 0.2) is 5.82 Å². The van der Waals surface area contributed by atoms with Crippen molar-refractivity contribution in [2.45, 2.75) is 6.42 Å². The first-order chi connectivity index (χ1) is 11.6. The summed E-state index contributed by atoms with van der Waals surface area (Å²) in [5.74, 6) is 0.432. The molecule has 0 atom stereocenters. The van der Waals surface area contributed by atoms with Crippen LogP contribution in [-0.2, 0) is 16.0 Å². The maximum Gasteiger partial charge on any atom is 0.325 e. The van der Waals surface area contributed by atoms with Gasteiger partial charge in [0, 0.05) is 18.5 Å². The van der Waals surface area contributed by atoms with E-state index < -0.39 is 17.8 Å². The van der Waals surface area contributed by atoms with Gasteiger partial charge in [-0.15, -0.1) is 0 Å². The lowest BCUT2D eigenvalue weighted by Crippen LogP contribution is -2.41. The van der Waals surface area contributed by atoms with E-state index in [1.54, 1.807) is 0 Å². The van der Waals surface area contributed by atoms with E-state index in [1.807, 2.05) is 30.3 Å². The predicted molar refractivity (Wildman–Crippen MR) is 83.6 cm³/mol. The van der Waals surface area contributed by atoms with Crippen molar-refractivity contribution >= 4 is 17.8 Å². The average molecular weight is 328 g/mol. The van der Waals surface area contributed by atoms with Crippen LogP contribution in [0.3, 0.4) is 0 Å². The number of carbonyl (C=O) groups is 3. The molecular formula is C15H16N6O3. The summed E-state index contributed by atoms with van der Waals surface area (Å²) in [5.41, 5.74) is 0.905. The minimum atomic E-state index is -0.544. The van der Waals surface area contributed by atoms with Gasteiger partial charge in [-0.3, -0.25) is 19.6 Å². The Labute approximate surface area is 137 Å². The lowest BCUT2D eigenvalue weighted by molar-refractivity contribution is -0.130. The van der Waals surface area contributed by atoms with E-state index in [0.29, 0.717) is 24.6 Å². The van der Waals surface area contributed by atoms with Crippen molar-refractivity contribution in [1.29, 1.82) is 0 Å². The van der Waals surface area contributed by atoms with Gasteiger partial charge in [-0.05, 0) is 0 Å². The zero-order chi connectivity index (χ0) is 16.9. The van der Waals surface area contributed by atoms with E-state index in [0.717, 1.165) is 10.5 Å². The second-order valence-electron chi connectivity index (χ2n) is 5.21. The standard InChI is InChI=1S/C15H16N6O3/c22-12(9-21-13(23)8-17-15(21)24)16-7-6-11-18-14(20-19-11)10-4-2-1-3-5-10/h1-5H,6-9H2,(H,16,22)(H,17,24)(H,18,19,20). The molecule has 24 heavy (non-hydrogen) atoms. The number of urea groups is 1. The number of hydrogen-bond acceptors (Lipinski definition) is 5. The number of carbonyl (C=O) groups excluding carboxylic acids is 3. The van der Waals surface area contributed by atoms with Gasteiger partial charge in [-0.2, -0.15) is 5.10 Å². The van der Waals surface area contributed by atoms with Crippen molar-refractivity contribution in [2.24, 2.45) is 0 Å². The van der Waals surface area contributed by atoms with Crippen LogP contribution >= 0.6 is 0 Å². The van der Waals surface area contributed by atoms with Crippen molar-refractivity contribution in [3.8, 4) is 11.4 Å². The van der Waals surface area contributed by atoms with Crippen molar-refractivity contribution in [3.05, 3.63) is 36.2 Å². The molecule has 3 rings (SSSR count). The molecule has 0 spiro atoms. The van der Waals surface area contributed by atoms with E-state index in [9.17, 15) is 14.4 Å². The molecular weight excluding hydrogens is 312 g/mol. The summed E-state index contributed by atoms with van der Waals surface area (Å²) in [6, 6.07) is 9.00. The number of H-pyrrole nitrogens is 1. The molecule has 0 aliphatic carbocycles. The minimum Gasteiger partial charge on any atom is -0.354 e. The highest BCUT2D eigenvalue weighted by Gasteiger charge is 2.29. The van der Waals surface area contributed by atoms with Gasteiger partial charge in [-0.25, -0.2) is 9.78 Å². The molecule has 1 aromatic carbocycles. The topological polar surface area (TPSA) is 120 Å². The molecule has 0 radical (unpaired) electrons. The molecule has 0 bridgehead atoms. The van der Waals surface area contributed by atoms with Crippen LogP contribution in [0.15, 0.2) is 30.3 Å². The van der Waals surface area contributed by atoms with Gasteiger partial charge in [0.2, 0.25) is 5.91 Å². The van der Waals surface area contributed by atoms with E-state index in [-0.39, 0.29) is 13.1 Å².